The number of rotatable bonds is 1. The molecule has 0 aliphatic carbocycles. The molecule has 15 heavy (non-hydrogen) atoms. The molecule has 0 saturated heterocycles. The number of fused-ring (bicyclic) bond motifs is 1. The van der Waals surface area contributed by atoms with Crippen molar-refractivity contribution >= 4 is 33.0 Å². The van der Waals surface area contributed by atoms with Gasteiger partial charge in [-0.05, 0) is 22.9 Å². The first-order chi connectivity index (χ1) is 7.34. The Morgan fingerprint density at radius 1 is 1.20 bits per heavy atom. The van der Waals surface area contributed by atoms with E-state index in [9.17, 15) is 4.79 Å². The fourth-order valence-corrected chi connectivity index (χ4v) is 2.69. The lowest BCUT2D eigenvalue weighted by Crippen LogP contribution is -2.04. The van der Waals surface area contributed by atoms with Gasteiger partial charge in [0.25, 0.3) is 5.56 Å². The zero-order valence-electron chi connectivity index (χ0n) is 7.47. The molecule has 0 unspecified atom stereocenters. The van der Waals surface area contributed by atoms with Gasteiger partial charge >= 0.3 is 0 Å². The topological polar surface area (TPSA) is 43.1 Å². The van der Waals surface area contributed by atoms with Gasteiger partial charge in [0.2, 0.25) is 5.89 Å². The summed E-state index contributed by atoms with van der Waals surface area (Å²) in [5.74, 6) is 0.407. The van der Waals surface area contributed by atoms with Gasteiger partial charge in [0.05, 0.1) is 10.3 Å². The number of nitrogens with zero attached hydrogens (tertiary/aromatic N) is 1. The quantitative estimate of drug-likeness (QED) is 0.651. The van der Waals surface area contributed by atoms with Crippen LogP contribution in [0.3, 0.4) is 0 Å². The minimum absolute atomic E-state index is 0.221. The fourth-order valence-electron chi connectivity index (χ4n) is 1.30. The highest BCUT2D eigenvalue weighted by molar-refractivity contribution is 7.16. The van der Waals surface area contributed by atoms with Gasteiger partial charge in [-0.3, -0.25) is 4.79 Å². The van der Waals surface area contributed by atoms with Crippen LogP contribution in [0.4, 0.5) is 0 Å². The van der Waals surface area contributed by atoms with Crippen LogP contribution in [0.5, 0.6) is 0 Å². The van der Waals surface area contributed by atoms with E-state index in [0.717, 1.165) is 4.88 Å². The van der Waals surface area contributed by atoms with Gasteiger partial charge in [-0.1, -0.05) is 6.07 Å². The van der Waals surface area contributed by atoms with Crippen molar-refractivity contribution in [2.75, 3.05) is 0 Å². The van der Waals surface area contributed by atoms with Crippen molar-refractivity contribution in [2.24, 2.45) is 0 Å². The van der Waals surface area contributed by atoms with Crippen molar-refractivity contribution in [3.8, 4) is 10.8 Å². The highest BCUT2D eigenvalue weighted by Gasteiger charge is 2.09. The normalized spacial score (nSPS) is 10.9. The van der Waals surface area contributed by atoms with E-state index in [0.29, 0.717) is 16.2 Å². The van der Waals surface area contributed by atoms with Crippen molar-refractivity contribution in [1.82, 2.24) is 4.98 Å². The third-order valence-electron chi connectivity index (χ3n) is 1.98. The largest absolute Gasteiger partial charge is 0.426 e. The van der Waals surface area contributed by atoms with Gasteiger partial charge in [0.15, 0.2) is 4.90 Å². The highest BCUT2D eigenvalue weighted by atomic mass is 32.1. The summed E-state index contributed by atoms with van der Waals surface area (Å²) in [5.41, 5.74) is -0.221. The molecule has 3 rings (SSSR count). The van der Waals surface area contributed by atoms with Crippen LogP contribution >= 0.6 is 22.7 Å². The molecule has 0 amide bonds. The van der Waals surface area contributed by atoms with Crippen LogP contribution < -0.4 is 5.56 Å². The van der Waals surface area contributed by atoms with Crippen molar-refractivity contribution in [1.29, 1.82) is 0 Å². The Morgan fingerprint density at radius 2 is 2.13 bits per heavy atom. The molecule has 3 heterocycles. The van der Waals surface area contributed by atoms with E-state index >= 15 is 0 Å². The lowest BCUT2D eigenvalue weighted by molar-refractivity contribution is 0.605. The maximum atomic E-state index is 11.6. The summed E-state index contributed by atoms with van der Waals surface area (Å²) in [7, 11) is 0. The zero-order valence-corrected chi connectivity index (χ0v) is 9.10. The Hall–Kier alpha value is -1.46. The SMILES string of the molecule is O=c1nc(-c2cccs2)oc2sccc12. The van der Waals surface area contributed by atoms with Crippen LogP contribution in [0.15, 0.2) is 38.2 Å². The molecule has 0 saturated carbocycles. The molecular formula is C10H5NO2S2. The van der Waals surface area contributed by atoms with Crippen molar-refractivity contribution in [3.05, 3.63) is 39.3 Å². The first-order valence-electron chi connectivity index (χ1n) is 4.27. The first kappa shape index (κ1) is 8.82. The van der Waals surface area contributed by atoms with E-state index in [4.69, 9.17) is 4.42 Å². The van der Waals surface area contributed by atoms with E-state index in [-0.39, 0.29) is 5.56 Å². The molecule has 0 atom stereocenters. The average Bonchev–Trinajstić information content (AvgIpc) is 2.88. The molecule has 3 aromatic heterocycles. The molecule has 0 radical (unpaired) electrons. The summed E-state index contributed by atoms with van der Waals surface area (Å²) in [6.45, 7) is 0. The number of hydrogen-bond donors (Lipinski definition) is 0. The number of hydrogen-bond acceptors (Lipinski definition) is 5. The van der Waals surface area contributed by atoms with Crippen LogP contribution in [0.25, 0.3) is 21.1 Å². The number of aromatic nitrogens is 1. The second-order valence-electron chi connectivity index (χ2n) is 2.92. The fraction of sp³-hybridized carbons (Fsp3) is 0. The Bertz CT molecular complexity index is 651. The Balaban J connectivity index is 2.34. The van der Waals surface area contributed by atoms with Crippen LogP contribution in [0.1, 0.15) is 0 Å². The third kappa shape index (κ3) is 1.40. The van der Waals surface area contributed by atoms with Crippen LogP contribution in [-0.2, 0) is 0 Å². The molecule has 5 heteroatoms. The summed E-state index contributed by atoms with van der Waals surface area (Å²) in [5, 5.41) is 4.31. The van der Waals surface area contributed by atoms with Gasteiger partial charge in [0, 0.05) is 0 Å². The second kappa shape index (κ2) is 3.29. The van der Waals surface area contributed by atoms with Gasteiger partial charge in [-0.2, -0.15) is 4.98 Å². The van der Waals surface area contributed by atoms with E-state index in [2.05, 4.69) is 4.98 Å². The molecule has 0 fully saturated rings. The molecule has 0 spiro atoms. The predicted molar refractivity (Wildman–Crippen MR) is 61.5 cm³/mol. The summed E-state index contributed by atoms with van der Waals surface area (Å²) in [6.07, 6.45) is 0. The Morgan fingerprint density at radius 3 is 2.93 bits per heavy atom. The van der Waals surface area contributed by atoms with Crippen molar-refractivity contribution in [2.45, 2.75) is 0 Å². The monoisotopic (exact) mass is 235 g/mol. The molecule has 0 aromatic carbocycles. The van der Waals surface area contributed by atoms with Gasteiger partial charge in [0.1, 0.15) is 0 Å². The summed E-state index contributed by atoms with van der Waals surface area (Å²) in [4.78, 5) is 17.0. The van der Waals surface area contributed by atoms with Crippen LogP contribution in [0.2, 0.25) is 0 Å². The second-order valence-corrected chi connectivity index (χ2v) is 4.75. The lowest BCUT2D eigenvalue weighted by Gasteiger charge is -1.94. The summed E-state index contributed by atoms with van der Waals surface area (Å²) in [6, 6.07) is 5.52. The van der Waals surface area contributed by atoms with E-state index < -0.39 is 0 Å². The third-order valence-corrected chi connectivity index (χ3v) is 3.63. The van der Waals surface area contributed by atoms with Gasteiger partial charge in [-0.15, -0.1) is 22.7 Å². The molecule has 3 nitrogen and oxygen atoms in total. The smallest absolute Gasteiger partial charge is 0.285 e. The molecule has 3 aromatic rings. The van der Waals surface area contributed by atoms with E-state index in [1.807, 2.05) is 22.9 Å². The highest BCUT2D eigenvalue weighted by Crippen LogP contribution is 2.26. The number of thiophene rings is 2. The maximum Gasteiger partial charge on any atom is 0.285 e. The molecule has 0 aliphatic rings. The predicted octanol–water partition coefficient (Wildman–Crippen LogP) is 2.98. The van der Waals surface area contributed by atoms with E-state index in [1.165, 1.54) is 22.7 Å². The minimum Gasteiger partial charge on any atom is -0.426 e. The van der Waals surface area contributed by atoms with Gasteiger partial charge < -0.3 is 4.42 Å². The average molecular weight is 235 g/mol. The summed E-state index contributed by atoms with van der Waals surface area (Å²) < 4.78 is 5.54. The molecule has 0 N–H and O–H groups in total. The minimum atomic E-state index is -0.221. The van der Waals surface area contributed by atoms with E-state index in [1.54, 1.807) is 6.07 Å². The van der Waals surface area contributed by atoms with Crippen LogP contribution in [-0.4, -0.2) is 4.98 Å². The molecule has 0 aliphatic heterocycles. The Kier molecular flexibility index (Phi) is 1.93. The first-order valence-corrected chi connectivity index (χ1v) is 6.03. The standard InChI is InChI=1S/C10H5NO2S2/c12-8-6-3-5-15-10(6)13-9(11-8)7-2-1-4-14-7/h1-5H. The summed E-state index contributed by atoms with van der Waals surface area (Å²) >= 11 is 2.92. The Labute approximate surface area is 92.6 Å². The van der Waals surface area contributed by atoms with Gasteiger partial charge in [-0.25, -0.2) is 0 Å². The molecule has 74 valence electrons. The van der Waals surface area contributed by atoms with Crippen molar-refractivity contribution < 1.29 is 4.42 Å². The molecule has 0 bridgehead atoms. The lowest BCUT2D eigenvalue weighted by atomic mass is 10.4. The molecular weight excluding hydrogens is 230 g/mol. The van der Waals surface area contributed by atoms with Crippen LogP contribution in [0, 0.1) is 0 Å². The maximum absolute atomic E-state index is 11.6. The van der Waals surface area contributed by atoms with Crippen molar-refractivity contribution in [3.63, 3.8) is 0 Å². The zero-order chi connectivity index (χ0) is 10.3.